The molecule has 0 bridgehead atoms. The molecular formula is C13H19N3. The van der Waals surface area contributed by atoms with Crippen molar-refractivity contribution in [3.8, 4) is 0 Å². The summed E-state index contributed by atoms with van der Waals surface area (Å²) in [5, 5.41) is 3.53. The molecule has 1 atom stereocenters. The monoisotopic (exact) mass is 217 g/mol. The average Bonchev–Trinajstić information content (AvgIpc) is 2.75. The number of imidazole rings is 1. The molecule has 0 aliphatic rings. The quantitative estimate of drug-likeness (QED) is 0.834. The zero-order chi connectivity index (χ0) is 11.4. The smallest absolute Gasteiger partial charge is 0.141 e. The Balaban J connectivity index is 2.06. The molecule has 0 saturated heterocycles. The maximum Gasteiger partial charge on any atom is 0.141 e. The molecule has 2 aromatic rings. The first-order chi connectivity index (χ1) is 7.81. The van der Waals surface area contributed by atoms with Crippen LogP contribution in [0.15, 0.2) is 30.7 Å². The van der Waals surface area contributed by atoms with Gasteiger partial charge in [-0.1, -0.05) is 19.4 Å². The summed E-state index contributed by atoms with van der Waals surface area (Å²) < 4.78 is 2.06. The first-order valence-electron chi connectivity index (χ1n) is 5.95. The predicted octanol–water partition coefficient (Wildman–Crippen LogP) is 2.61. The maximum atomic E-state index is 4.37. The Morgan fingerprint density at radius 2 is 2.31 bits per heavy atom. The second kappa shape index (κ2) is 5.12. The fraction of sp³-hybridized carbons (Fsp3) is 0.462. The lowest BCUT2D eigenvalue weighted by molar-refractivity contribution is 0.509. The summed E-state index contributed by atoms with van der Waals surface area (Å²) in [6.07, 6.45) is 8.29. The van der Waals surface area contributed by atoms with Crippen LogP contribution in [-0.4, -0.2) is 15.4 Å². The van der Waals surface area contributed by atoms with Crippen LogP contribution in [0, 0.1) is 0 Å². The van der Waals surface area contributed by atoms with Crippen LogP contribution in [0.2, 0.25) is 0 Å². The standard InChI is InChI=1S/C13H19N3/c1-3-5-11(2)15-10-12-6-4-8-16-9-7-14-13(12)16/h4,6-9,11,15H,3,5,10H2,1-2H3. The number of aromatic nitrogens is 2. The van der Waals surface area contributed by atoms with E-state index in [0.29, 0.717) is 6.04 Å². The number of hydrogen-bond donors (Lipinski definition) is 1. The zero-order valence-electron chi connectivity index (χ0n) is 9.98. The molecule has 0 fully saturated rings. The molecule has 3 heteroatoms. The van der Waals surface area contributed by atoms with E-state index in [9.17, 15) is 0 Å². The van der Waals surface area contributed by atoms with Gasteiger partial charge in [0.25, 0.3) is 0 Å². The van der Waals surface area contributed by atoms with Gasteiger partial charge >= 0.3 is 0 Å². The molecular weight excluding hydrogens is 198 g/mol. The van der Waals surface area contributed by atoms with Crippen LogP contribution < -0.4 is 5.32 Å². The van der Waals surface area contributed by atoms with Crippen LogP contribution >= 0.6 is 0 Å². The molecule has 0 aromatic carbocycles. The Hall–Kier alpha value is -1.35. The van der Waals surface area contributed by atoms with Gasteiger partial charge in [0.1, 0.15) is 5.65 Å². The van der Waals surface area contributed by atoms with Gasteiger partial charge in [-0.25, -0.2) is 4.98 Å². The van der Waals surface area contributed by atoms with E-state index in [1.807, 2.05) is 18.6 Å². The molecule has 0 aliphatic carbocycles. The Bertz CT molecular complexity index is 447. The van der Waals surface area contributed by atoms with Crippen LogP contribution in [-0.2, 0) is 6.54 Å². The molecule has 1 unspecified atom stereocenters. The molecule has 86 valence electrons. The maximum absolute atomic E-state index is 4.37. The van der Waals surface area contributed by atoms with Crippen molar-refractivity contribution in [2.75, 3.05) is 0 Å². The third-order valence-electron chi connectivity index (χ3n) is 2.86. The van der Waals surface area contributed by atoms with Crippen LogP contribution in [0.4, 0.5) is 0 Å². The molecule has 16 heavy (non-hydrogen) atoms. The van der Waals surface area contributed by atoms with Crippen molar-refractivity contribution in [3.05, 3.63) is 36.3 Å². The number of fused-ring (bicyclic) bond motifs is 1. The van der Waals surface area contributed by atoms with E-state index in [2.05, 4.69) is 40.7 Å². The van der Waals surface area contributed by atoms with Crippen molar-refractivity contribution in [2.24, 2.45) is 0 Å². The third kappa shape index (κ3) is 2.42. The van der Waals surface area contributed by atoms with Crippen molar-refractivity contribution in [3.63, 3.8) is 0 Å². The van der Waals surface area contributed by atoms with Gasteiger partial charge in [0.15, 0.2) is 0 Å². The Morgan fingerprint density at radius 3 is 3.12 bits per heavy atom. The lowest BCUT2D eigenvalue weighted by Crippen LogP contribution is -2.25. The highest BCUT2D eigenvalue weighted by Crippen LogP contribution is 2.08. The summed E-state index contributed by atoms with van der Waals surface area (Å²) in [5.41, 5.74) is 2.31. The largest absolute Gasteiger partial charge is 0.310 e. The minimum Gasteiger partial charge on any atom is -0.310 e. The summed E-state index contributed by atoms with van der Waals surface area (Å²) in [6, 6.07) is 4.77. The molecule has 0 radical (unpaired) electrons. The minimum absolute atomic E-state index is 0.570. The van der Waals surface area contributed by atoms with Crippen LogP contribution in [0.5, 0.6) is 0 Å². The SMILES string of the molecule is CCCC(C)NCc1cccn2ccnc12. The van der Waals surface area contributed by atoms with E-state index >= 15 is 0 Å². The number of rotatable bonds is 5. The molecule has 2 rings (SSSR count). The summed E-state index contributed by atoms with van der Waals surface area (Å²) in [5.74, 6) is 0. The number of pyridine rings is 1. The van der Waals surface area contributed by atoms with Gasteiger partial charge in [0, 0.05) is 36.7 Å². The molecule has 1 N–H and O–H groups in total. The van der Waals surface area contributed by atoms with Crippen molar-refractivity contribution >= 4 is 5.65 Å². The Labute approximate surface area is 96.5 Å². The number of hydrogen-bond acceptors (Lipinski definition) is 2. The molecule has 0 aliphatic heterocycles. The molecule has 2 heterocycles. The average molecular weight is 217 g/mol. The highest BCUT2D eigenvalue weighted by Gasteiger charge is 2.04. The lowest BCUT2D eigenvalue weighted by Gasteiger charge is -2.12. The van der Waals surface area contributed by atoms with Crippen molar-refractivity contribution < 1.29 is 0 Å². The summed E-state index contributed by atoms with van der Waals surface area (Å²) in [7, 11) is 0. The second-order valence-electron chi connectivity index (χ2n) is 4.26. The van der Waals surface area contributed by atoms with Gasteiger partial charge in [0.2, 0.25) is 0 Å². The van der Waals surface area contributed by atoms with Crippen LogP contribution in [0.1, 0.15) is 32.3 Å². The van der Waals surface area contributed by atoms with Gasteiger partial charge in [-0.3, -0.25) is 0 Å². The fourth-order valence-corrected chi connectivity index (χ4v) is 1.97. The number of nitrogens with zero attached hydrogens (tertiary/aromatic N) is 2. The zero-order valence-corrected chi connectivity index (χ0v) is 9.98. The molecule has 0 saturated carbocycles. The topological polar surface area (TPSA) is 29.3 Å². The highest BCUT2D eigenvalue weighted by molar-refractivity contribution is 5.47. The molecule has 2 aromatic heterocycles. The van der Waals surface area contributed by atoms with Crippen LogP contribution in [0.25, 0.3) is 5.65 Å². The van der Waals surface area contributed by atoms with E-state index in [1.165, 1.54) is 18.4 Å². The van der Waals surface area contributed by atoms with Crippen molar-refractivity contribution in [1.82, 2.24) is 14.7 Å². The first kappa shape index (κ1) is 11.1. The normalized spacial score (nSPS) is 13.1. The van der Waals surface area contributed by atoms with E-state index < -0.39 is 0 Å². The van der Waals surface area contributed by atoms with Gasteiger partial charge in [0.05, 0.1) is 0 Å². The minimum atomic E-state index is 0.570. The first-order valence-corrected chi connectivity index (χ1v) is 5.95. The third-order valence-corrected chi connectivity index (χ3v) is 2.86. The van der Waals surface area contributed by atoms with Gasteiger partial charge in [-0.15, -0.1) is 0 Å². The lowest BCUT2D eigenvalue weighted by atomic mass is 10.2. The van der Waals surface area contributed by atoms with Gasteiger partial charge in [-0.2, -0.15) is 0 Å². The Morgan fingerprint density at radius 1 is 1.44 bits per heavy atom. The van der Waals surface area contributed by atoms with Crippen LogP contribution in [0.3, 0.4) is 0 Å². The Kier molecular flexibility index (Phi) is 3.57. The van der Waals surface area contributed by atoms with E-state index in [4.69, 9.17) is 0 Å². The summed E-state index contributed by atoms with van der Waals surface area (Å²) in [4.78, 5) is 4.37. The molecule has 3 nitrogen and oxygen atoms in total. The number of nitrogens with one attached hydrogen (secondary N) is 1. The van der Waals surface area contributed by atoms with E-state index in [1.54, 1.807) is 0 Å². The van der Waals surface area contributed by atoms with E-state index in [-0.39, 0.29) is 0 Å². The van der Waals surface area contributed by atoms with Gasteiger partial charge < -0.3 is 9.72 Å². The van der Waals surface area contributed by atoms with Crippen molar-refractivity contribution in [1.29, 1.82) is 0 Å². The molecule has 0 spiro atoms. The highest BCUT2D eigenvalue weighted by atomic mass is 15.0. The fourth-order valence-electron chi connectivity index (χ4n) is 1.97. The summed E-state index contributed by atoms with van der Waals surface area (Å²) >= 11 is 0. The molecule has 0 amide bonds. The predicted molar refractivity (Wildman–Crippen MR) is 66.4 cm³/mol. The van der Waals surface area contributed by atoms with Crippen molar-refractivity contribution in [2.45, 2.75) is 39.3 Å². The van der Waals surface area contributed by atoms with E-state index in [0.717, 1.165) is 12.2 Å². The summed E-state index contributed by atoms with van der Waals surface area (Å²) in [6.45, 7) is 5.34. The second-order valence-corrected chi connectivity index (χ2v) is 4.26. The van der Waals surface area contributed by atoms with Gasteiger partial charge in [-0.05, 0) is 19.4 Å².